The maximum atomic E-state index is 14.7. The normalized spacial score (nSPS) is 12.5. The second-order valence-corrected chi connectivity index (χ2v) is 12.7. The fourth-order valence-electron chi connectivity index (χ4n) is 5.26. The summed E-state index contributed by atoms with van der Waals surface area (Å²) in [4.78, 5) is 43.6. The Kier molecular flexibility index (Phi) is 14.1. The second kappa shape index (κ2) is 18.0. The van der Waals surface area contributed by atoms with E-state index in [9.17, 15) is 19.5 Å². The van der Waals surface area contributed by atoms with E-state index in [1.54, 1.807) is 69.2 Å². The Morgan fingerprint density at radius 1 is 0.830 bits per heavy atom. The third-order valence-corrected chi connectivity index (χ3v) is 7.77. The van der Waals surface area contributed by atoms with E-state index < -0.39 is 29.7 Å². The number of ether oxygens (including phenoxy) is 2. The van der Waals surface area contributed by atoms with Gasteiger partial charge in [0.05, 0.1) is 7.11 Å². The van der Waals surface area contributed by atoms with Gasteiger partial charge < -0.3 is 30.1 Å². The van der Waals surface area contributed by atoms with Crippen molar-refractivity contribution in [3.63, 3.8) is 0 Å². The van der Waals surface area contributed by atoms with E-state index in [-0.39, 0.29) is 18.1 Å². The van der Waals surface area contributed by atoms with Crippen LogP contribution in [0.15, 0.2) is 72.8 Å². The zero-order valence-electron chi connectivity index (χ0n) is 28.7. The van der Waals surface area contributed by atoms with Gasteiger partial charge in [0.15, 0.2) is 0 Å². The molecule has 0 saturated heterocycles. The molecule has 0 aliphatic heterocycles. The minimum Gasteiger partial charge on any atom is -0.508 e. The Balaban J connectivity index is 2.07. The number of alkyl carbamates (subject to hydrolysis) is 1. The Morgan fingerprint density at radius 2 is 1.45 bits per heavy atom. The van der Waals surface area contributed by atoms with Crippen molar-refractivity contribution in [2.24, 2.45) is 0 Å². The van der Waals surface area contributed by atoms with Crippen LogP contribution >= 0.6 is 0 Å². The molecule has 2 atom stereocenters. The predicted octanol–water partition coefficient (Wildman–Crippen LogP) is 7.58. The lowest BCUT2D eigenvalue weighted by Crippen LogP contribution is -2.53. The first kappa shape index (κ1) is 36.9. The highest BCUT2D eigenvalue weighted by molar-refractivity contribution is 5.99. The molecule has 0 aromatic heterocycles. The quantitative estimate of drug-likeness (QED) is 0.138. The highest BCUT2D eigenvalue weighted by atomic mass is 16.6. The molecular formula is C38H51N3O6. The number of benzene rings is 3. The van der Waals surface area contributed by atoms with E-state index in [1.807, 2.05) is 24.3 Å². The van der Waals surface area contributed by atoms with E-state index in [0.717, 1.165) is 43.2 Å². The van der Waals surface area contributed by atoms with Crippen LogP contribution in [-0.2, 0) is 27.2 Å². The Hall–Kier alpha value is -4.53. The number of carbonyl (C=O) groups is 3. The summed E-state index contributed by atoms with van der Waals surface area (Å²) in [5.41, 5.74) is 2.28. The summed E-state index contributed by atoms with van der Waals surface area (Å²) in [6.45, 7) is 9.78. The van der Waals surface area contributed by atoms with E-state index in [1.165, 1.54) is 12.1 Å². The molecule has 0 radical (unpaired) electrons. The monoisotopic (exact) mass is 645 g/mol. The van der Waals surface area contributed by atoms with Crippen LogP contribution in [0.3, 0.4) is 0 Å². The van der Waals surface area contributed by atoms with Crippen LogP contribution in [0.2, 0.25) is 0 Å². The smallest absolute Gasteiger partial charge is 0.408 e. The fraction of sp³-hybridized carbons (Fsp3) is 0.447. The van der Waals surface area contributed by atoms with Crippen molar-refractivity contribution >= 4 is 23.6 Å². The van der Waals surface area contributed by atoms with E-state index in [2.05, 4.69) is 24.5 Å². The van der Waals surface area contributed by atoms with E-state index in [4.69, 9.17) is 9.47 Å². The third kappa shape index (κ3) is 12.0. The lowest BCUT2D eigenvalue weighted by molar-refractivity contribution is -0.140. The van der Waals surface area contributed by atoms with Crippen LogP contribution in [0.25, 0.3) is 0 Å². The molecule has 0 aliphatic rings. The largest absolute Gasteiger partial charge is 0.508 e. The molecule has 3 aromatic carbocycles. The molecule has 9 nitrogen and oxygen atoms in total. The van der Waals surface area contributed by atoms with Crippen LogP contribution in [0.4, 0.5) is 10.5 Å². The van der Waals surface area contributed by atoms with Gasteiger partial charge in [0.25, 0.3) is 5.91 Å². The lowest BCUT2D eigenvalue weighted by atomic mass is 9.98. The van der Waals surface area contributed by atoms with Crippen molar-refractivity contribution < 1.29 is 29.0 Å². The number of hydrogen-bond donors (Lipinski definition) is 3. The van der Waals surface area contributed by atoms with Gasteiger partial charge in [-0.3, -0.25) is 9.59 Å². The summed E-state index contributed by atoms with van der Waals surface area (Å²) in [5, 5.41) is 15.6. The van der Waals surface area contributed by atoms with Gasteiger partial charge >= 0.3 is 6.09 Å². The average molecular weight is 646 g/mol. The topological polar surface area (TPSA) is 117 Å². The van der Waals surface area contributed by atoms with Gasteiger partial charge in [0.1, 0.15) is 29.2 Å². The van der Waals surface area contributed by atoms with Gasteiger partial charge in [-0.25, -0.2) is 4.79 Å². The van der Waals surface area contributed by atoms with E-state index >= 15 is 0 Å². The Morgan fingerprint density at radius 3 is 2.02 bits per heavy atom. The number of phenolic OH excluding ortho intramolecular Hbond substituents is 1. The predicted molar refractivity (Wildman–Crippen MR) is 186 cm³/mol. The highest BCUT2D eigenvalue weighted by Crippen LogP contribution is 2.27. The Bertz CT molecular complexity index is 1420. The van der Waals surface area contributed by atoms with Crippen molar-refractivity contribution in [1.82, 2.24) is 10.2 Å². The van der Waals surface area contributed by atoms with Crippen LogP contribution in [0.5, 0.6) is 11.5 Å². The molecule has 0 saturated carbocycles. The zero-order valence-corrected chi connectivity index (χ0v) is 28.7. The first-order valence-corrected chi connectivity index (χ1v) is 16.6. The number of nitrogens with one attached hydrogen (secondary N) is 2. The number of aromatic hydroxyl groups is 1. The van der Waals surface area contributed by atoms with Crippen molar-refractivity contribution in [3.05, 3.63) is 89.5 Å². The molecule has 2 unspecified atom stereocenters. The number of nitrogens with zero attached hydrogens (tertiary/aromatic N) is 1. The molecule has 3 aromatic rings. The lowest BCUT2D eigenvalue weighted by Gasteiger charge is -2.35. The van der Waals surface area contributed by atoms with Gasteiger partial charge in [0, 0.05) is 18.7 Å². The number of phenols is 1. The molecule has 3 N–H and O–H groups in total. The fourth-order valence-corrected chi connectivity index (χ4v) is 5.26. The van der Waals surface area contributed by atoms with Gasteiger partial charge in [-0.05, 0) is 86.7 Å². The molecular weight excluding hydrogens is 594 g/mol. The van der Waals surface area contributed by atoms with Gasteiger partial charge in [-0.2, -0.15) is 0 Å². The molecule has 3 rings (SSSR count). The maximum Gasteiger partial charge on any atom is 0.408 e. The average Bonchev–Trinajstić information content (AvgIpc) is 3.04. The van der Waals surface area contributed by atoms with Crippen LogP contribution in [-0.4, -0.2) is 53.2 Å². The van der Waals surface area contributed by atoms with Gasteiger partial charge in [-0.1, -0.05) is 75.9 Å². The summed E-state index contributed by atoms with van der Waals surface area (Å²) in [6.07, 6.45) is 4.98. The van der Waals surface area contributed by atoms with Crippen LogP contribution in [0, 0.1) is 0 Å². The number of hydrogen-bond acceptors (Lipinski definition) is 6. The minimum absolute atomic E-state index is 0.0937. The molecule has 0 aliphatic carbocycles. The highest BCUT2D eigenvalue weighted by Gasteiger charge is 2.36. The molecule has 3 amide bonds. The number of aryl methyl sites for hydroxylation is 1. The van der Waals surface area contributed by atoms with Gasteiger partial charge in [0.2, 0.25) is 5.91 Å². The molecule has 0 bridgehead atoms. The number of methoxy groups -OCH3 is 1. The number of rotatable bonds is 16. The molecule has 0 heterocycles. The summed E-state index contributed by atoms with van der Waals surface area (Å²) >= 11 is 0. The number of unbranched alkanes of at least 4 members (excludes halogenated alkanes) is 4. The van der Waals surface area contributed by atoms with Gasteiger partial charge in [-0.15, -0.1) is 0 Å². The van der Waals surface area contributed by atoms with E-state index in [0.29, 0.717) is 30.0 Å². The molecule has 0 spiro atoms. The summed E-state index contributed by atoms with van der Waals surface area (Å²) in [5.74, 6) is -0.0315. The zero-order chi connectivity index (χ0) is 34.4. The van der Waals surface area contributed by atoms with Crippen molar-refractivity contribution in [3.8, 4) is 11.5 Å². The van der Waals surface area contributed by atoms with Crippen molar-refractivity contribution in [2.75, 3.05) is 19.0 Å². The van der Waals surface area contributed by atoms with Crippen molar-refractivity contribution in [2.45, 2.75) is 97.2 Å². The minimum atomic E-state index is -1.05. The maximum absolute atomic E-state index is 14.7. The SMILES string of the molecule is CCCCCCCN(C(=O)C(Cc1ccc(O)cc1)NC(=O)OC(C)(C)C)C(C(=O)Nc1ccc(OC)cc1)c1ccc(CC)cc1. The molecule has 47 heavy (non-hydrogen) atoms. The van der Waals surface area contributed by atoms with Crippen LogP contribution in [0.1, 0.15) is 89.5 Å². The summed E-state index contributed by atoms with van der Waals surface area (Å²) in [7, 11) is 1.58. The molecule has 9 heteroatoms. The Labute approximate surface area is 279 Å². The first-order valence-electron chi connectivity index (χ1n) is 16.6. The number of anilines is 1. The summed E-state index contributed by atoms with van der Waals surface area (Å²) in [6, 6.07) is 19.2. The number of amides is 3. The standard InChI is InChI=1S/C38H51N3O6/c1-7-9-10-11-12-25-41(36(44)33(40-37(45)47-38(3,4)5)26-28-15-21-31(42)22-16-28)34(29-17-13-27(8-2)14-18-29)35(43)39-30-19-23-32(46-6)24-20-30/h13-24,33-34,42H,7-12,25-26H2,1-6H3,(H,39,43)(H,40,45). The number of carbonyl (C=O) groups excluding carboxylic acids is 3. The second-order valence-electron chi connectivity index (χ2n) is 12.7. The molecule has 254 valence electrons. The first-order chi connectivity index (χ1) is 22.4. The summed E-state index contributed by atoms with van der Waals surface area (Å²) < 4.78 is 10.8. The van der Waals surface area contributed by atoms with Crippen LogP contribution < -0.4 is 15.4 Å². The van der Waals surface area contributed by atoms with Crippen molar-refractivity contribution in [1.29, 1.82) is 0 Å². The third-order valence-electron chi connectivity index (χ3n) is 7.77. The molecule has 0 fully saturated rings.